The molecule has 1 saturated heterocycles. The Balaban J connectivity index is 1.23. The van der Waals surface area contributed by atoms with Gasteiger partial charge in [0.05, 0.1) is 5.69 Å². The molecule has 0 spiro atoms. The molecular weight excluding hydrogens is 326 g/mol. The van der Waals surface area contributed by atoms with Crippen molar-refractivity contribution in [1.29, 1.82) is 0 Å². The van der Waals surface area contributed by atoms with Crippen LogP contribution in [0.3, 0.4) is 0 Å². The first kappa shape index (κ1) is 16.1. The molecule has 5 rings (SSSR count). The van der Waals surface area contributed by atoms with E-state index in [0.717, 1.165) is 31.6 Å². The van der Waals surface area contributed by atoms with Crippen molar-refractivity contribution in [3.8, 4) is 0 Å². The van der Waals surface area contributed by atoms with Gasteiger partial charge in [-0.25, -0.2) is 0 Å². The number of hydrogen-bond acceptors (Lipinski definition) is 3. The van der Waals surface area contributed by atoms with E-state index in [4.69, 9.17) is 4.74 Å². The lowest BCUT2D eigenvalue weighted by molar-refractivity contribution is -0.123. The van der Waals surface area contributed by atoms with Crippen LogP contribution in [0.2, 0.25) is 0 Å². The summed E-state index contributed by atoms with van der Waals surface area (Å²) in [5, 5.41) is 7.51. The van der Waals surface area contributed by atoms with Crippen molar-refractivity contribution >= 4 is 5.91 Å². The highest BCUT2D eigenvalue weighted by Gasteiger charge is 2.59. The van der Waals surface area contributed by atoms with Crippen molar-refractivity contribution in [2.24, 2.45) is 24.8 Å². The smallest absolute Gasteiger partial charge is 0.224 e. The predicted octanol–water partition coefficient (Wildman–Crippen LogP) is 2.59. The van der Waals surface area contributed by atoms with Gasteiger partial charge in [-0.2, -0.15) is 5.10 Å². The van der Waals surface area contributed by atoms with Gasteiger partial charge in [-0.1, -0.05) is 24.3 Å². The molecule has 1 aromatic carbocycles. The number of amides is 1. The van der Waals surface area contributed by atoms with E-state index in [1.807, 2.05) is 24.0 Å². The zero-order valence-corrected chi connectivity index (χ0v) is 15.1. The zero-order chi connectivity index (χ0) is 17.7. The highest BCUT2D eigenvalue weighted by atomic mass is 16.5. The van der Waals surface area contributed by atoms with Gasteiger partial charge >= 0.3 is 0 Å². The lowest BCUT2D eigenvalue weighted by atomic mass is 9.92. The Morgan fingerprint density at radius 2 is 2.23 bits per heavy atom. The number of aromatic nitrogens is 2. The maximum Gasteiger partial charge on any atom is 0.224 e. The molecule has 1 amide bonds. The molecule has 3 aliphatic rings. The van der Waals surface area contributed by atoms with E-state index in [9.17, 15) is 4.79 Å². The average molecular weight is 351 g/mol. The fourth-order valence-electron chi connectivity index (χ4n) is 5.10. The van der Waals surface area contributed by atoms with Crippen LogP contribution >= 0.6 is 0 Å². The van der Waals surface area contributed by atoms with Crippen molar-refractivity contribution < 1.29 is 9.53 Å². The average Bonchev–Trinajstić information content (AvgIpc) is 3.00. The molecule has 2 heterocycles. The molecular formula is C21H25N3O2. The van der Waals surface area contributed by atoms with E-state index < -0.39 is 0 Å². The van der Waals surface area contributed by atoms with E-state index >= 15 is 0 Å². The highest BCUT2D eigenvalue weighted by molar-refractivity contribution is 5.84. The van der Waals surface area contributed by atoms with Gasteiger partial charge in [-0.15, -0.1) is 0 Å². The molecule has 1 aliphatic heterocycles. The van der Waals surface area contributed by atoms with Gasteiger partial charge in [0, 0.05) is 38.2 Å². The summed E-state index contributed by atoms with van der Waals surface area (Å²) in [6.07, 6.45) is 5.03. The van der Waals surface area contributed by atoms with Gasteiger partial charge in [-0.3, -0.25) is 9.48 Å². The lowest BCUT2D eigenvalue weighted by Crippen LogP contribution is -2.37. The second kappa shape index (κ2) is 6.23. The minimum atomic E-state index is 0.0241. The van der Waals surface area contributed by atoms with Gasteiger partial charge in [0.15, 0.2) is 0 Å². The topological polar surface area (TPSA) is 56.1 Å². The van der Waals surface area contributed by atoms with Crippen LogP contribution in [0.5, 0.6) is 0 Å². The highest BCUT2D eigenvalue weighted by Crippen LogP contribution is 2.61. The number of benzene rings is 1. The van der Waals surface area contributed by atoms with Crippen molar-refractivity contribution in [2.75, 3.05) is 13.2 Å². The Morgan fingerprint density at radius 1 is 1.35 bits per heavy atom. The van der Waals surface area contributed by atoms with Crippen LogP contribution in [-0.4, -0.2) is 28.8 Å². The van der Waals surface area contributed by atoms with E-state index in [0.29, 0.717) is 24.3 Å². The van der Waals surface area contributed by atoms with Gasteiger partial charge in [-0.05, 0) is 48.3 Å². The summed E-state index contributed by atoms with van der Waals surface area (Å²) in [6.45, 7) is 1.47. The Kier molecular flexibility index (Phi) is 3.85. The molecule has 136 valence electrons. The first-order valence-corrected chi connectivity index (χ1v) is 9.69. The number of aryl methyl sites for hydroxylation is 1. The third kappa shape index (κ3) is 2.57. The van der Waals surface area contributed by atoms with Crippen molar-refractivity contribution in [3.05, 3.63) is 53.3 Å². The van der Waals surface area contributed by atoms with Crippen LogP contribution < -0.4 is 5.32 Å². The van der Waals surface area contributed by atoms with E-state index in [2.05, 4.69) is 34.7 Å². The molecule has 3 unspecified atom stereocenters. The molecule has 0 radical (unpaired) electrons. The van der Waals surface area contributed by atoms with Crippen LogP contribution in [0.25, 0.3) is 0 Å². The maximum atomic E-state index is 12.8. The molecule has 2 aromatic rings. The number of nitrogens with one attached hydrogen (secondary N) is 1. The number of rotatable bonds is 4. The van der Waals surface area contributed by atoms with Crippen LogP contribution in [0.1, 0.15) is 41.7 Å². The quantitative estimate of drug-likeness (QED) is 0.921. The number of ether oxygens (including phenoxy) is 1. The van der Waals surface area contributed by atoms with Gasteiger partial charge in [0.1, 0.15) is 6.10 Å². The maximum absolute atomic E-state index is 12.8. The normalized spacial score (nSPS) is 32.0. The standard InChI is InChI=1S/C21H25N3O2/c1-24-17(8-9-23-24)20-14(6-4-10-26-20)12-22-21(25)19-16-11-13-5-2-3-7-15(13)18(16)19/h2-3,5,7-9,14,16,18-20H,4,6,10-12H2,1H3,(H,22,25)/t14-,16?,18?,19?,20+/m0/s1. The minimum absolute atomic E-state index is 0.0241. The Hall–Kier alpha value is -2.14. The second-order valence-corrected chi connectivity index (χ2v) is 7.94. The largest absolute Gasteiger partial charge is 0.372 e. The number of carbonyl (C=O) groups excluding carboxylic acids is 1. The molecule has 1 aromatic heterocycles. The molecule has 5 atom stereocenters. The summed E-state index contributed by atoms with van der Waals surface area (Å²) >= 11 is 0. The molecule has 2 aliphatic carbocycles. The predicted molar refractivity (Wildman–Crippen MR) is 97.5 cm³/mol. The molecule has 1 N–H and O–H groups in total. The fraction of sp³-hybridized carbons (Fsp3) is 0.524. The van der Waals surface area contributed by atoms with Crippen LogP contribution in [0, 0.1) is 17.8 Å². The molecule has 5 nitrogen and oxygen atoms in total. The first-order chi connectivity index (χ1) is 12.7. The summed E-state index contributed by atoms with van der Waals surface area (Å²) in [6, 6.07) is 10.6. The number of carbonyl (C=O) groups is 1. The molecule has 0 bridgehead atoms. The van der Waals surface area contributed by atoms with E-state index in [1.54, 1.807) is 0 Å². The number of fused-ring (bicyclic) bond motifs is 3. The van der Waals surface area contributed by atoms with Gasteiger partial charge in [0.2, 0.25) is 5.91 Å². The van der Waals surface area contributed by atoms with Gasteiger partial charge in [0.25, 0.3) is 0 Å². The number of hydrogen-bond donors (Lipinski definition) is 1. The molecule has 2 fully saturated rings. The summed E-state index contributed by atoms with van der Waals surface area (Å²) in [5.74, 6) is 1.67. The molecule has 26 heavy (non-hydrogen) atoms. The Morgan fingerprint density at radius 3 is 3.08 bits per heavy atom. The Bertz CT molecular complexity index is 830. The second-order valence-electron chi connectivity index (χ2n) is 7.94. The first-order valence-electron chi connectivity index (χ1n) is 9.69. The summed E-state index contributed by atoms with van der Waals surface area (Å²) in [4.78, 5) is 12.8. The van der Waals surface area contributed by atoms with Crippen molar-refractivity contribution in [1.82, 2.24) is 15.1 Å². The van der Waals surface area contributed by atoms with E-state index in [-0.39, 0.29) is 17.9 Å². The lowest BCUT2D eigenvalue weighted by Gasteiger charge is -2.32. The van der Waals surface area contributed by atoms with Crippen molar-refractivity contribution in [3.63, 3.8) is 0 Å². The minimum Gasteiger partial charge on any atom is -0.372 e. The monoisotopic (exact) mass is 351 g/mol. The van der Waals surface area contributed by atoms with Gasteiger partial charge < -0.3 is 10.1 Å². The summed E-state index contributed by atoms with van der Waals surface area (Å²) < 4.78 is 7.92. The van der Waals surface area contributed by atoms with Crippen LogP contribution in [0.15, 0.2) is 36.5 Å². The number of nitrogens with zero attached hydrogens (tertiary/aromatic N) is 2. The Labute approximate surface area is 153 Å². The zero-order valence-electron chi connectivity index (χ0n) is 15.1. The van der Waals surface area contributed by atoms with E-state index in [1.165, 1.54) is 11.1 Å². The summed E-state index contributed by atoms with van der Waals surface area (Å²) in [5.41, 5.74) is 3.93. The molecule has 1 saturated carbocycles. The third-order valence-corrected chi connectivity index (χ3v) is 6.47. The summed E-state index contributed by atoms with van der Waals surface area (Å²) in [7, 11) is 1.95. The SMILES string of the molecule is Cn1nccc1[C@@H]1OCCC[C@H]1CNC(=O)C1C2Cc3ccccc3C21. The third-order valence-electron chi connectivity index (χ3n) is 6.47. The van der Waals surface area contributed by atoms with Crippen molar-refractivity contribution in [2.45, 2.75) is 31.3 Å². The van der Waals surface area contributed by atoms with Crippen LogP contribution in [-0.2, 0) is 23.0 Å². The fourth-order valence-corrected chi connectivity index (χ4v) is 5.10. The van der Waals surface area contributed by atoms with Crippen LogP contribution in [0.4, 0.5) is 0 Å². The molecule has 5 heteroatoms.